The average Bonchev–Trinajstić information content (AvgIpc) is 3.30. The van der Waals surface area contributed by atoms with E-state index >= 15 is 0 Å². The number of hydrogen-bond acceptors (Lipinski definition) is 9. The van der Waals surface area contributed by atoms with Gasteiger partial charge in [-0.1, -0.05) is 30.0 Å². The van der Waals surface area contributed by atoms with Crippen LogP contribution in [0.1, 0.15) is 23.1 Å². The molecular weight excluding hydrogens is 516 g/mol. The fraction of sp³-hybridized carbons (Fsp3) is 0.208. The third-order valence-electron chi connectivity index (χ3n) is 5.03. The molecule has 2 heterocycles. The van der Waals surface area contributed by atoms with Gasteiger partial charge in [0.25, 0.3) is 0 Å². The van der Waals surface area contributed by atoms with Crippen molar-refractivity contribution in [2.24, 2.45) is 0 Å². The number of nitrogens with one attached hydrogen (secondary N) is 2. The van der Waals surface area contributed by atoms with Crippen molar-refractivity contribution in [2.75, 3.05) is 24.2 Å². The van der Waals surface area contributed by atoms with Gasteiger partial charge in [-0.3, -0.25) is 4.79 Å². The minimum Gasteiger partial charge on any atom is -0.462 e. The fourth-order valence-electron chi connectivity index (χ4n) is 3.27. The van der Waals surface area contributed by atoms with Crippen LogP contribution in [0, 0.1) is 0 Å². The lowest BCUT2D eigenvalue weighted by Crippen LogP contribution is -2.26. The molecule has 0 aliphatic carbocycles. The zero-order valence-corrected chi connectivity index (χ0v) is 21.5. The number of anilines is 1. The van der Waals surface area contributed by atoms with Crippen LogP contribution in [0.3, 0.4) is 0 Å². The zero-order chi connectivity index (χ0) is 26.3. The molecule has 13 heteroatoms. The van der Waals surface area contributed by atoms with Crippen LogP contribution in [0.25, 0.3) is 5.65 Å². The van der Waals surface area contributed by atoms with Gasteiger partial charge in [0, 0.05) is 18.7 Å². The first-order valence-electron chi connectivity index (χ1n) is 11.3. The average molecular weight is 541 g/mol. The summed E-state index contributed by atoms with van der Waals surface area (Å²) >= 11 is 1.23. The lowest BCUT2D eigenvalue weighted by Gasteiger charge is -2.07. The van der Waals surface area contributed by atoms with Crippen LogP contribution in [-0.4, -0.2) is 59.0 Å². The molecule has 4 aromatic rings. The first-order valence-corrected chi connectivity index (χ1v) is 13.8. The highest BCUT2D eigenvalue weighted by molar-refractivity contribution is 7.99. The lowest BCUT2D eigenvalue weighted by molar-refractivity contribution is -0.113. The molecule has 0 fully saturated rings. The van der Waals surface area contributed by atoms with Crippen LogP contribution in [0.2, 0.25) is 0 Å². The van der Waals surface area contributed by atoms with Gasteiger partial charge in [-0.2, -0.15) is 9.61 Å². The van der Waals surface area contributed by atoms with Gasteiger partial charge in [-0.15, -0.1) is 10.2 Å². The number of amides is 1. The molecule has 11 nitrogen and oxygen atoms in total. The van der Waals surface area contributed by atoms with Crippen molar-refractivity contribution in [1.82, 2.24) is 24.5 Å². The maximum atomic E-state index is 12.4. The Balaban J connectivity index is 1.32. The number of nitrogens with zero attached hydrogens (tertiary/aromatic N) is 4. The topological polar surface area (TPSA) is 145 Å². The molecule has 0 saturated heterocycles. The van der Waals surface area contributed by atoms with Crippen LogP contribution in [-0.2, 0) is 26.0 Å². The van der Waals surface area contributed by atoms with Gasteiger partial charge in [0.1, 0.15) is 5.03 Å². The van der Waals surface area contributed by atoms with Gasteiger partial charge in [0.05, 0.1) is 22.8 Å². The molecule has 0 bridgehead atoms. The zero-order valence-electron chi connectivity index (χ0n) is 19.8. The Morgan fingerprint density at radius 3 is 2.49 bits per heavy atom. The summed E-state index contributed by atoms with van der Waals surface area (Å²) in [7, 11) is -3.63. The third-order valence-corrected chi connectivity index (χ3v) is 7.43. The minimum atomic E-state index is -3.63. The Labute approximate surface area is 217 Å². The highest BCUT2D eigenvalue weighted by Crippen LogP contribution is 2.17. The molecule has 1 amide bonds. The summed E-state index contributed by atoms with van der Waals surface area (Å²) in [6.45, 7) is 2.14. The molecule has 0 spiro atoms. The van der Waals surface area contributed by atoms with Gasteiger partial charge >= 0.3 is 5.97 Å². The highest BCUT2D eigenvalue weighted by atomic mass is 32.2. The largest absolute Gasteiger partial charge is 0.462 e. The van der Waals surface area contributed by atoms with Gasteiger partial charge < -0.3 is 10.1 Å². The summed E-state index contributed by atoms with van der Waals surface area (Å²) < 4.78 is 33.8. The number of carbonyl (C=O) groups excluding carboxylic acids is 2. The van der Waals surface area contributed by atoms with Crippen molar-refractivity contribution in [3.63, 3.8) is 0 Å². The molecule has 0 atom stereocenters. The number of rotatable bonds is 11. The number of thioether (sulfide) groups is 1. The molecule has 37 heavy (non-hydrogen) atoms. The van der Waals surface area contributed by atoms with Gasteiger partial charge in [-0.05, 0) is 55.5 Å². The van der Waals surface area contributed by atoms with Crippen molar-refractivity contribution >= 4 is 45.0 Å². The quantitative estimate of drug-likeness (QED) is 0.217. The number of sulfonamides is 1. The smallest absolute Gasteiger partial charge is 0.338 e. The molecule has 0 radical (unpaired) electrons. The van der Waals surface area contributed by atoms with Crippen LogP contribution in [0.5, 0.6) is 0 Å². The molecule has 0 aliphatic heterocycles. The third kappa shape index (κ3) is 6.90. The number of ether oxygens (including phenoxy) is 1. The predicted molar refractivity (Wildman–Crippen MR) is 138 cm³/mol. The predicted octanol–water partition coefficient (Wildman–Crippen LogP) is 2.55. The fourth-order valence-corrected chi connectivity index (χ4v) is 4.98. The van der Waals surface area contributed by atoms with E-state index in [0.717, 1.165) is 0 Å². The Bertz CT molecular complexity index is 1490. The number of fused-ring (bicyclic) bond motifs is 1. The van der Waals surface area contributed by atoms with Crippen molar-refractivity contribution in [1.29, 1.82) is 0 Å². The van der Waals surface area contributed by atoms with Crippen LogP contribution in [0.15, 0.2) is 76.7 Å². The van der Waals surface area contributed by atoms with Crippen LogP contribution < -0.4 is 10.0 Å². The maximum absolute atomic E-state index is 12.4. The van der Waals surface area contributed by atoms with E-state index in [4.69, 9.17) is 4.74 Å². The number of benzene rings is 2. The number of esters is 1. The Morgan fingerprint density at radius 1 is 1.00 bits per heavy atom. The van der Waals surface area contributed by atoms with E-state index in [0.29, 0.717) is 27.7 Å². The van der Waals surface area contributed by atoms with E-state index in [1.165, 1.54) is 28.4 Å². The van der Waals surface area contributed by atoms with E-state index in [1.807, 2.05) is 0 Å². The SMILES string of the molecule is CCOC(=O)c1ccc(NC(=O)CSc2ccc3nnc(CCNS(=O)(=O)c4ccccc4)n3n2)cc1. The monoisotopic (exact) mass is 540 g/mol. The van der Waals surface area contributed by atoms with Crippen molar-refractivity contribution in [3.05, 3.63) is 78.1 Å². The summed E-state index contributed by atoms with van der Waals surface area (Å²) in [6, 6.07) is 18.0. The summed E-state index contributed by atoms with van der Waals surface area (Å²) in [5.41, 5.74) is 1.47. The molecule has 192 valence electrons. The summed E-state index contributed by atoms with van der Waals surface area (Å²) in [5, 5.41) is 16.0. The van der Waals surface area contributed by atoms with E-state index in [9.17, 15) is 18.0 Å². The number of hydrogen-bond donors (Lipinski definition) is 2. The van der Waals surface area contributed by atoms with Gasteiger partial charge in [-0.25, -0.2) is 17.9 Å². The summed E-state index contributed by atoms with van der Waals surface area (Å²) in [5.74, 6) is -0.0688. The standard InChI is InChI=1S/C24H24N6O5S2/c1-2-35-24(32)17-8-10-18(11-9-17)26-22(31)16-36-23-13-12-20-27-28-21(30(20)29-23)14-15-25-37(33,34)19-6-4-3-5-7-19/h3-13,25H,2,14-16H2,1H3,(H,26,31). The second kappa shape index (κ2) is 12.0. The molecule has 2 aromatic carbocycles. The van der Waals surface area contributed by atoms with Gasteiger partial charge in [0.2, 0.25) is 15.9 Å². The molecule has 0 aliphatic rings. The van der Waals surface area contributed by atoms with Crippen LogP contribution >= 0.6 is 11.8 Å². The number of carbonyl (C=O) groups is 2. The molecule has 0 saturated carbocycles. The number of aromatic nitrogens is 4. The molecule has 0 unspecified atom stereocenters. The van der Waals surface area contributed by atoms with Crippen molar-refractivity contribution in [2.45, 2.75) is 23.3 Å². The summed E-state index contributed by atoms with van der Waals surface area (Å²) in [4.78, 5) is 24.3. The van der Waals surface area contributed by atoms with E-state index in [2.05, 4.69) is 25.3 Å². The van der Waals surface area contributed by atoms with Crippen LogP contribution in [0.4, 0.5) is 5.69 Å². The minimum absolute atomic E-state index is 0.104. The lowest BCUT2D eigenvalue weighted by atomic mass is 10.2. The first kappa shape index (κ1) is 26.3. The van der Waals surface area contributed by atoms with E-state index in [1.54, 1.807) is 61.5 Å². The molecule has 2 N–H and O–H groups in total. The van der Waals surface area contributed by atoms with Gasteiger partial charge in [0.15, 0.2) is 11.5 Å². The normalized spacial score (nSPS) is 11.4. The van der Waals surface area contributed by atoms with Crippen molar-refractivity contribution < 1.29 is 22.7 Å². The molecular formula is C24H24N6O5S2. The maximum Gasteiger partial charge on any atom is 0.338 e. The Morgan fingerprint density at radius 2 is 1.76 bits per heavy atom. The first-order chi connectivity index (χ1) is 17.9. The van der Waals surface area contributed by atoms with Crippen molar-refractivity contribution in [3.8, 4) is 0 Å². The molecule has 2 aromatic heterocycles. The Kier molecular flexibility index (Phi) is 8.48. The molecule has 4 rings (SSSR count). The second-order valence-corrected chi connectivity index (χ2v) is 10.4. The highest BCUT2D eigenvalue weighted by Gasteiger charge is 2.15. The Hall–Kier alpha value is -3.81. The summed E-state index contributed by atoms with van der Waals surface area (Å²) in [6.07, 6.45) is 0.274. The second-order valence-electron chi connectivity index (χ2n) is 7.65. The van der Waals surface area contributed by atoms with E-state index in [-0.39, 0.29) is 36.1 Å². The van der Waals surface area contributed by atoms with E-state index < -0.39 is 16.0 Å².